The minimum Gasteiger partial charge on any atom is -0.477 e. The third kappa shape index (κ3) is 4.49. The molecule has 2 N–H and O–H groups in total. The van der Waals surface area contributed by atoms with E-state index in [1.54, 1.807) is 12.1 Å². The van der Waals surface area contributed by atoms with Gasteiger partial charge >= 0.3 is 0 Å². The van der Waals surface area contributed by atoms with Gasteiger partial charge in [-0.3, -0.25) is 4.79 Å². The van der Waals surface area contributed by atoms with Crippen molar-refractivity contribution in [1.29, 1.82) is 0 Å². The maximum Gasteiger partial charge on any atom is 0.252 e. The Hall–Kier alpha value is -1.62. The number of aromatic nitrogens is 1. The predicted octanol–water partition coefficient (Wildman–Crippen LogP) is 1.62. The molecule has 1 amide bonds. The van der Waals surface area contributed by atoms with Crippen molar-refractivity contribution in [3.05, 3.63) is 23.9 Å². The minimum atomic E-state index is -0.168. The Morgan fingerprint density at radius 3 is 2.90 bits per heavy atom. The molecule has 1 aromatic rings. The Labute approximate surface area is 119 Å². The highest BCUT2D eigenvalue weighted by molar-refractivity contribution is 5.93. The van der Waals surface area contributed by atoms with Crippen LogP contribution in [0.15, 0.2) is 18.3 Å². The van der Waals surface area contributed by atoms with Gasteiger partial charge < -0.3 is 15.2 Å². The zero-order valence-corrected chi connectivity index (χ0v) is 11.8. The zero-order valence-electron chi connectivity index (χ0n) is 11.8. The van der Waals surface area contributed by atoms with Gasteiger partial charge in [0.2, 0.25) is 5.88 Å². The van der Waals surface area contributed by atoms with E-state index >= 15 is 0 Å². The first-order valence-electron chi connectivity index (χ1n) is 7.20. The van der Waals surface area contributed by atoms with E-state index in [4.69, 9.17) is 9.84 Å². The lowest BCUT2D eigenvalue weighted by atomic mass is 10.1. The van der Waals surface area contributed by atoms with Crippen LogP contribution in [0.5, 0.6) is 5.88 Å². The lowest BCUT2D eigenvalue weighted by molar-refractivity contribution is 0.0939. The highest BCUT2D eigenvalue weighted by atomic mass is 16.5. The Morgan fingerprint density at radius 2 is 2.35 bits per heavy atom. The fourth-order valence-electron chi connectivity index (χ4n) is 1.76. The van der Waals surface area contributed by atoms with Gasteiger partial charge in [0.05, 0.1) is 12.2 Å². The van der Waals surface area contributed by atoms with Gasteiger partial charge in [0.15, 0.2) is 0 Å². The number of pyridine rings is 1. The molecule has 0 saturated heterocycles. The molecule has 2 rings (SSSR count). The summed E-state index contributed by atoms with van der Waals surface area (Å²) in [6.45, 7) is 3.27. The maximum atomic E-state index is 11.9. The smallest absolute Gasteiger partial charge is 0.252 e. The van der Waals surface area contributed by atoms with Gasteiger partial charge in [-0.25, -0.2) is 4.98 Å². The molecule has 20 heavy (non-hydrogen) atoms. The summed E-state index contributed by atoms with van der Waals surface area (Å²) in [7, 11) is 0. The van der Waals surface area contributed by atoms with Crippen LogP contribution >= 0.6 is 0 Å². The second kappa shape index (κ2) is 7.24. The van der Waals surface area contributed by atoms with E-state index in [0.29, 0.717) is 30.5 Å². The zero-order chi connectivity index (χ0) is 14.4. The Morgan fingerprint density at radius 1 is 1.55 bits per heavy atom. The summed E-state index contributed by atoms with van der Waals surface area (Å²) >= 11 is 0. The first kappa shape index (κ1) is 14.8. The van der Waals surface area contributed by atoms with Crippen LogP contribution < -0.4 is 10.1 Å². The number of amides is 1. The SMILES string of the molecule is CCC(CO)CNC(=O)c1ccc(OCC2CC2)nc1. The molecule has 1 atom stereocenters. The number of rotatable bonds is 8. The van der Waals surface area contributed by atoms with E-state index in [0.717, 1.165) is 6.42 Å². The number of aliphatic hydroxyl groups is 1. The molecule has 0 radical (unpaired) electrons. The fraction of sp³-hybridized carbons (Fsp3) is 0.600. The molecule has 1 aliphatic carbocycles. The van der Waals surface area contributed by atoms with Gasteiger partial charge in [-0.15, -0.1) is 0 Å². The molecule has 0 spiro atoms. The van der Waals surface area contributed by atoms with Crippen LogP contribution in [0.3, 0.4) is 0 Å². The highest BCUT2D eigenvalue weighted by Crippen LogP contribution is 2.29. The summed E-state index contributed by atoms with van der Waals surface area (Å²) < 4.78 is 5.52. The normalized spacial score (nSPS) is 15.7. The van der Waals surface area contributed by atoms with Crippen molar-refractivity contribution in [1.82, 2.24) is 10.3 Å². The number of hydrogen-bond acceptors (Lipinski definition) is 4. The summed E-state index contributed by atoms with van der Waals surface area (Å²) in [5.41, 5.74) is 0.511. The standard InChI is InChI=1S/C15H22N2O3/c1-2-11(9-18)7-17-15(19)13-5-6-14(16-8-13)20-10-12-3-4-12/h5-6,8,11-12,18H,2-4,7,9-10H2,1H3,(H,17,19). The number of hydrogen-bond donors (Lipinski definition) is 2. The molecule has 0 bridgehead atoms. The molecule has 1 aromatic heterocycles. The van der Waals surface area contributed by atoms with E-state index < -0.39 is 0 Å². The fourth-order valence-corrected chi connectivity index (χ4v) is 1.76. The second-order valence-corrected chi connectivity index (χ2v) is 5.31. The van der Waals surface area contributed by atoms with Gasteiger partial charge in [0, 0.05) is 25.4 Å². The quantitative estimate of drug-likeness (QED) is 0.758. The maximum absolute atomic E-state index is 11.9. The van der Waals surface area contributed by atoms with Gasteiger partial charge in [0.25, 0.3) is 5.91 Å². The molecule has 1 saturated carbocycles. The second-order valence-electron chi connectivity index (χ2n) is 5.31. The molecule has 0 aromatic carbocycles. The molecule has 1 unspecified atom stereocenters. The highest BCUT2D eigenvalue weighted by Gasteiger charge is 2.22. The molecule has 1 heterocycles. The van der Waals surface area contributed by atoms with Gasteiger partial charge in [-0.2, -0.15) is 0 Å². The molecular formula is C15H22N2O3. The average molecular weight is 278 g/mol. The third-order valence-corrected chi connectivity index (χ3v) is 3.55. The van der Waals surface area contributed by atoms with Gasteiger partial charge in [0.1, 0.15) is 0 Å². The van der Waals surface area contributed by atoms with E-state index in [-0.39, 0.29) is 18.4 Å². The van der Waals surface area contributed by atoms with Crippen LogP contribution in [0.25, 0.3) is 0 Å². The number of carbonyl (C=O) groups excluding carboxylic acids is 1. The molecule has 110 valence electrons. The minimum absolute atomic E-state index is 0.0863. The number of nitrogens with zero attached hydrogens (tertiary/aromatic N) is 1. The molecular weight excluding hydrogens is 256 g/mol. The van der Waals surface area contributed by atoms with Crippen LogP contribution in [0.2, 0.25) is 0 Å². The van der Waals surface area contributed by atoms with Gasteiger partial charge in [-0.1, -0.05) is 6.92 Å². The average Bonchev–Trinajstić information content (AvgIpc) is 3.31. The van der Waals surface area contributed by atoms with Crippen LogP contribution in [-0.4, -0.2) is 35.8 Å². The largest absolute Gasteiger partial charge is 0.477 e. The number of nitrogens with one attached hydrogen (secondary N) is 1. The predicted molar refractivity (Wildman–Crippen MR) is 75.7 cm³/mol. The Balaban J connectivity index is 1.80. The number of ether oxygens (including phenoxy) is 1. The third-order valence-electron chi connectivity index (χ3n) is 3.55. The van der Waals surface area contributed by atoms with Crippen molar-refractivity contribution in [3.8, 4) is 5.88 Å². The Kier molecular flexibility index (Phi) is 5.35. The van der Waals surface area contributed by atoms with Crippen molar-refractivity contribution < 1.29 is 14.6 Å². The van der Waals surface area contributed by atoms with Crippen LogP contribution in [-0.2, 0) is 0 Å². The first-order valence-corrected chi connectivity index (χ1v) is 7.20. The lowest BCUT2D eigenvalue weighted by Gasteiger charge is -2.12. The summed E-state index contributed by atoms with van der Waals surface area (Å²) in [6, 6.07) is 3.44. The Bertz CT molecular complexity index is 425. The molecule has 5 nitrogen and oxygen atoms in total. The van der Waals surface area contributed by atoms with E-state index in [9.17, 15) is 4.79 Å². The van der Waals surface area contributed by atoms with E-state index in [1.165, 1.54) is 19.0 Å². The molecule has 1 fully saturated rings. The monoisotopic (exact) mass is 278 g/mol. The van der Waals surface area contributed by atoms with Crippen molar-refractivity contribution in [3.63, 3.8) is 0 Å². The van der Waals surface area contributed by atoms with Gasteiger partial charge in [-0.05, 0) is 37.2 Å². The van der Waals surface area contributed by atoms with Crippen molar-refractivity contribution >= 4 is 5.91 Å². The van der Waals surface area contributed by atoms with E-state index in [2.05, 4.69) is 10.3 Å². The van der Waals surface area contributed by atoms with Crippen molar-refractivity contribution in [2.24, 2.45) is 11.8 Å². The first-order chi connectivity index (χ1) is 9.72. The number of carbonyl (C=O) groups is 1. The summed E-state index contributed by atoms with van der Waals surface area (Å²) in [5.74, 6) is 1.19. The topological polar surface area (TPSA) is 71.5 Å². The van der Waals surface area contributed by atoms with Crippen molar-refractivity contribution in [2.45, 2.75) is 26.2 Å². The molecule has 0 aliphatic heterocycles. The lowest BCUT2D eigenvalue weighted by Crippen LogP contribution is -2.30. The van der Waals surface area contributed by atoms with Crippen molar-refractivity contribution in [2.75, 3.05) is 19.8 Å². The molecule has 5 heteroatoms. The number of aliphatic hydroxyl groups excluding tert-OH is 1. The summed E-state index contributed by atoms with van der Waals surface area (Å²) in [5, 5.41) is 11.9. The van der Waals surface area contributed by atoms with E-state index in [1.807, 2.05) is 6.92 Å². The molecule has 1 aliphatic rings. The van der Waals surface area contributed by atoms with Crippen LogP contribution in [0, 0.1) is 11.8 Å². The summed E-state index contributed by atoms with van der Waals surface area (Å²) in [6.07, 6.45) is 4.84. The summed E-state index contributed by atoms with van der Waals surface area (Å²) in [4.78, 5) is 16.0. The van der Waals surface area contributed by atoms with Crippen LogP contribution in [0.4, 0.5) is 0 Å². The van der Waals surface area contributed by atoms with Crippen LogP contribution in [0.1, 0.15) is 36.5 Å².